The topological polar surface area (TPSA) is 52.0 Å². The van der Waals surface area contributed by atoms with E-state index in [0.29, 0.717) is 0 Å². The number of alkyl halides is 6. The summed E-state index contributed by atoms with van der Waals surface area (Å²) in [5.41, 5.74) is 5.11. The van der Waals surface area contributed by atoms with Crippen LogP contribution in [0.4, 0.5) is 37.7 Å². The Morgan fingerprint density at radius 3 is 1.13 bits per heavy atom. The molecule has 0 heterocycles. The summed E-state index contributed by atoms with van der Waals surface area (Å²) in [5, 5.41) is 0. The summed E-state index contributed by atoms with van der Waals surface area (Å²) in [7, 11) is 0. The van der Waals surface area contributed by atoms with Gasteiger partial charge < -0.3 is 11.5 Å². The molecule has 2 nitrogen and oxygen atoms in total. The van der Waals surface area contributed by atoms with Gasteiger partial charge in [0.15, 0.2) is 0 Å². The number of rotatable bonds is 3. The van der Waals surface area contributed by atoms with Gasteiger partial charge in [0.25, 0.3) is 0 Å². The lowest BCUT2D eigenvalue weighted by Crippen LogP contribution is -2.53. The Balaban J connectivity index is 2.73. The van der Waals surface area contributed by atoms with E-state index in [4.69, 9.17) is 11.5 Å². The third-order valence-electron chi connectivity index (χ3n) is 3.41. The minimum Gasteiger partial charge on any atom is -0.399 e. The van der Waals surface area contributed by atoms with Crippen molar-refractivity contribution in [2.75, 3.05) is 11.5 Å². The molecule has 0 atom stereocenters. The van der Waals surface area contributed by atoms with Crippen LogP contribution in [-0.2, 0) is 5.67 Å². The molecule has 0 radical (unpaired) electrons. The third kappa shape index (κ3) is 2.69. The summed E-state index contributed by atoms with van der Waals surface area (Å²) < 4.78 is 81.7. The lowest BCUT2D eigenvalue weighted by molar-refractivity contribution is -0.323. The van der Waals surface area contributed by atoms with Crippen LogP contribution in [0.2, 0.25) is 0 Å². The maximum atomic E-state index is 15.2. The van der Waals surface area contributed by atoms with Crippen molar-refractivity contribution in [1.29, 1.82) is 0 Å². The van der Waals surface area contributed by atoms with E-state index in [0.717, 1.165) is 48.5 Å². The van der Waals surface area contributed by atoms with Gasteiger partial charge in [-0.15, -0.1) is 0 Å². The molecule has 0 saturated heterocycles. The zero-order chi connectivity index (χ0) is 17.5. The molecule has 0 saturated carbocycles. The van der Waals surface area contributed by atoms with Crippen molar-refractivity contribution in [3.05, 3.63) is 59.7 Å². The Bertz CT molecular complexity index is 631. The molecular weight excluding hydrogens is 322 g/mol. The second-order valence-corrected chi connectivity index (χ2v) is 4.97. The molecule has 0 amide bonds. The molecule has 2 aromatic carbocycles. The van der Waals surface area contributed by atoms with Crippen molar-refractivity contribution in [2.45, 2.75) is 17.8 Å². The lowest BCUT2D eigenvalue weighted by Gasteiger charge is -2.35. The molecule has 2 rings (SSSR count). The van der Waals surface area contributed by atoms with Crippen LogP contribution in [0.15, 0.2) is 48.5 Å². The van der Waals surface area contributed by atoms with E-state index in [1.165, 1.54) is 0 Å². The number of anilines is 2. The Hall–Kier alpha value is -2.38. The second-order valence-electron chi connectivity index (χ2n) is 4.97. The van der Waals surface area contributed by atoms with Gasteiger partial charge in [-0.1, -0.05) is 24.3 Å². The molecule has 0 bridgehead atoms. The zero-order valence-corrected chi connectivity index (χ0v) is 11.5. The molecule has 8 heteroatoms. The first-order valence-electron chi connectivity index (χ1n) is 6.35. The highest BCUT2D eigenvalue weighted by Gasteiger charge is 2.72. The average Bonchev–Trinajstić information content (AvgIpc) is 2.46. The van der Waals surface area contributed by atoms with Crippen LogP contribution in [0.1, 0.15) is 11.1 Å². The van der Waals surface area contributed by atoms with Gasteiger partial charge in [-0.25, -0.2) is 4.39 Å². The number of nitrogens with two attached hydrogens (primary N) is 2. The van der Waals surface area contributed by atoms with Gasteiger partial charge in [0.1, 0.15) is 0 Å². The van der Waals surface area contributed by atoms with Crippen LogP contribution < -0.4 is 11.5 Å². The standard InChI is InChI=1S/C15H12F6N2/c16-13(14(17,18)15(19,20)21,9-1-5-11(22)6-2-9)10-3-7-12(23)8-4-10/h1-8H,22-23H2. The van der Waals surface area contributed by atoms with E-state index in [9.17, 15) is 22.0 Å². The van der Waals surface area contributed by atoms with E-state index < -0.39 is 28.9 Å². The van der Waals surface area contributed by atoms with E-state index in [2.05, 4.69) is 0 Å². The summed E-state index contributed by atoms with van der Waals surface area (Å²) in [6.07, 6.45) is -6.09. The molecule has 0 aromatic heterocycles. The van der Waals surface area contributed by atoms with E-state index in [1.807, 2.05) is 0 Å². The Kier molecular flexibility index (Phi) is 3.96. The minimum absolute atomic E-state index is 0.101. The SMILES string of the molecule is Nc1ccc(C(F)(c2ccc(N)cc2)C(F)(F)C(F)(F)F)cc1. The van der Waals surface area contributed by atoms with Gasteiger partial charge in [0, 0.05) is 22.5 Å². The van der Waals surface area contributed by atoms with Gasteiger partial charge in [-0.05, 0) is 24.3 Å². The highest BCUT2D eigenvalue weighted by atomic mass is 19.4. The van der Waals surface area contributed by atoms with Gasteiger partial charge in [0.05, 0.1) is 0 Å². The van der Waals surface area contributed by atoms with E-state index in [1.54, 1.807) is 0 Å². The van der Waals surface area contributed by atoms with Gasteiger partial charge in [0.2, 0.25) is 5.67 Å². The fourth-order valence-electron chi connectivity index (χ4n) is 2.15. The predicted octanol–water partition coefficient (Wildman–Crippen LogP) is 4.26. The number of hydrogen-bond donors (Lipinski definition) is 2. The molecule has 0 aliphatic rings. The largest absolute Gasteiger partial charge is 0.457 e. The van der Waals surface area contributed by atoms with Crippen molar-refractivity contribution >= 4 is 11.4 Å². The molecule has 4 N–H and O–H groups in total. The fourth-order valence-corrected chi connectivity index (χ4v) is 2.15. The fraction of sp³-hybridized carbons (Fsp3) is 0.200. The number of nitrogen functional groups attached to an aromatic ring is 2. The van der Waals surface area contributed by atoms with Crippen LogP contribution >= 0.6 is 0 Å². The first kappa shape index (κ1) is 17.0. The maximum Gasteiger partial charge on any atom is 0.457 e. The van der Waals surface area contributed by atoms with Gasteiger partial charge in [-0.2, -0.15) is 22.0 Å². The quantitative estimate of drug-likeness (QED) is 0.651. The van der Waals surface area contributed by atoms with Crippen molar-refractivity contribution in [1.82, 2.24) is 0 Å². The Labute approximate surface area is 127 Å². The second kappa shape index (κ2) is 5.36. The summed E-state index contributed by atoms with van der Waals surface area (Å²) in [4.78, 5) is 0. The van der Waals surface area contributed by atoms with Crippen LogP contribution in [0.3, 0.4) is 0 Å². The Morgan fingerprint density at radius 1 is 0.565 bits per heavy atom. The summed E-state index contributed by atoms with van der Waals surface area (Å²) >= 11 is 0. The van der Waals surface area contributed by atoms with Crippen LogP contribution in [0.25, 0.3) is 0 Å². The van der Waals surface area contributed by atoms with Crippen molar-refractivity contribution < 1.29 is 26.3 Å². The first-order valence-corrected chi connectivity index (χ1v) is 6.35. The molecule has 0 aliphatic heterocycles. The minimum atomic E-state index is -6.09. The molecule has 124 valence electrons. The summed E-state index contributed by atoms with van der Waals surface area (Å²) in [6.45, 7) is 0. The normalized spacial score (nSPS) is 13.1. The third-order valence-corrected chi connectivity index (χ3v) is 3.41. The monoisotopic (exact) mass is 334 g/mol. The van der Waals surface area contributed by atoms with Crippen LogP contribution in [-0.4, -0.2) is 12.1 Å². The van der Waals surface area contributed by atoms with Gasteiger partial charge >= 0.3 is 12.1 Å². The predicted molar refractivity (Wildman–Crippen MR) is 74.6 cm³/mol. The van der Waals surface area contributed by atoms with Crippen LogP contribution in [0.5, 0.6) is 0 Å². The Morgan fingerprint density at radius 2 is 0.870 bits per heavy atom. The molecule has 0 unspecified atom stereocenters. The smallest absolute Gasteiger partial charge is 0.399 e. The highest BCUT2D eigenvalue weighted by molar-refractivity contribution is 5.49. The van der Waals surface area contributed by atoms with Crippen molar-refractivity contribution in [2.24, 2.45) is 0 Å². The molecule has 0 fully saturated rings. The summed E-state index contributed by atoms with van der Waals surface area (Å²) in [5.74, 6) is -5.66. The van der Waals surface area contributed by atoms with E-state index >= 15 is 4.39 Å². The average molecular weight is 334 g/mol. The molecule has 0 aliphatic carbocycles. The van der Waals surface area contributed by atoms with Gasteiger partial charge in [-0.3, -0.25) is 0 Å². The van der Waals surface area contributed by atoms with Crippen molar-refractivity contribution in [3.8, 4) is 0 Å². The summed E-state index contributed by atoms with van der Waals surface area (Å²) in [6, 6.07) is 7.38. The highest BCUT2D eigenvalue weighted by Crippen LogP contribution is 2.54. The number of benzene rings is 2. The molecule has 2 aromatic rings. The van der Waals surface area contributed by atoms with Crippen LogP contribution in [0, 0.1) is 0 Å². The van der Waals surface area contributed by atoms with E-state index in [-0.39, 0.29) is 11.4 Å². The molecule has 0 spiro atoms. The molecule has 23 heavy (non-hydrogen) atoms. The molecular formula is C15H12F6N2. The number of hydrogen-bond acceptors (Lipinski definition) is 2. The maximum absolute atomic E-state index is 15.2. The zero-order valence-electron chi connectivity index (χ0n) is 11.5. The lowest BCUT2D eigenvalue weighted by atomic mass is 9.82. The van der Waals surface area contributed by atoms with Crippen molar-refractivity contribution in [3.63, 3.8) is 0 Å². The first-order chi connectivity index (χ1) is 10.5. The number of halogens is 6.